The van der Waals surface area contributed by atoms with Crippen molar-refractivity contribution in [1.29, 1.82) is 0 Å². The molecule has 1 aliphatic rings. The average molecular weight is 573 g/mol. The number of methoxy groups -OCH3 is 1. The van der Waals surface area contributed by atoms with Crippen LogP contribution in [0.25, 0.3) is 16.7 Å². The largest absolute Gasteiger partial charge is 0.495 e. The fourth-order valence-corrected chi connectivity index (χ4v) is 5.02. The lowest BCUT2D eigenvalue weighted by molar-refractivity contribution is -0.140. The van der Waals surface area contributed by atoms with E-state index in [1.807, 2.05) is 30.9 Å². The van der Waals surface area contributed by atoms with Gasteiger partial charge in [-0.05, 0) is 62.2 Å². The molecular weight excluding hydrogens is 536 g/mol. The molecular formula is C31H36F4N4O2. The number of halogens is 4. The first-order chi connectivity index (χ1) is 19.6. The molecule has 0 radical (unpaired) electrons. The molecule has 0 spiro atoms. The highest BCUT2D eigenvalue weighted by molar-refractivity contribution is 5.94. The molecule has 41 heavy (non-hydrogen) atoms. The normalized spacial score (nSPS) is 17.5. The second kappa shape index (κ2) is 13.2. The molecule has 2 N–H and O–H groups in total. The highest BCUT2D eigenvalue weighted by Gasteiger charge is 2.31. The third-order valence-electron chi connectivity index (χ3n) is 7.12. The molecule has 3 aromatic rings. The Morgan fingerprint density at radius 3 is 2.63 bits per heavy atom. The molecule has 1 fully saturated rings. The Hall–Kier alpha value is -3.84. The molecule has 2 atom stereocenters. The van der Waals surface area contributed by atoms with Gasteiger partial charge in [-0.1, -0.05) is 25.5 Å². The van der Waals surface area contributed by atoms with Gasteiger partial charge in [0.05, 0.1) is 43.2 Å². The van der Waals surface area contributed by atoms with Gasteiger partial charge in [-0.15, -0.1) is 0 Å². The van der Waals surface area contributed by atoms with Crippen LogP contribution in [0.15, 0.2) is 49.0 Å². The Morgan fingerprint density at radius 2 is 1.95 bits per heavy atom. The van der Waals surface area contributed by atoms with Crippen molar-refractivity contribution >= 4 is 28.0 Å². The fraction of sp³-hybridized carbons (Fsp3) is 0.419. The van der Waals surface area contributed by atoms with E-state index < -0.39 is 24.9 Å². The zero-order chi connectivity index (χ0) is 29.6. The van der Waals surface area contributed by atoms with Crippen LogP contribution in [0.2, 0.25) is 0 Å². The van der Waals surface area contributed by atoms with Crippen molar-refractivity contribution in [2.75, 3.05) is 50.5 Å². The van der Waals surface area contributed by atoms with E-state index in [9.17, 15) is 17.6 Å². The van der Waals surface area contributed by atoms with Crippen molar-refractivity contribution in [2.45, 2.75) is 45.2 Å². The fourth-order valence-electron chi connectivity index (χ4n) is 5.02. The molecule has 1 saturated heterocycles. The number of benzene rings is 2. The summed E-state index contributed by atoms with van der Waals surface area (Å²) in [6.07, 6.45) is -4.91. The molecule has 4 rings (SSSR count). The van der Waals surface area contributed by atoms with Crippen LogP contribution in [0.4, 0.5) is 28.9 Å². The molecule has 2 unspecified atom stereocenters. The number of piperidine rings is 1. The smallest absolute Gasteiger partial charge is 0.406 e. The molecule has 0 aliphatic carbocycles. The van der Waals surface area contributed by atoms with E-state index in [1.54, 1.807) is 37.4 Å². The van der Waals surface area contributed by atoms with Gasteiger partial charge in [0.1, 0.15) is 24.2 Å². The first-order valence-corrected chi connectivity index (χ1v) is 13.7. The topological polar surface area (TPSA) is 50.7 Å². The maximum atomic E-state index is 14.9. The van der Waals surface area contributed by atoms with Gasteiger partial charge >= 0.3 is 6.18 Å². The van der Waals surface area contributed by atoms with Crippen LogP contribution in [0.3, 0.4) is 0 Å². The van der Waals surface area contributed by atoms with Crippen molar-refractivity contribution in [2.24, 2.45) is 0 Å². The second-order valence-corrected chi connectivity index (χ2v) is 9.84. The van der Waals surface area contributed by atoms with Gasteiger partial charge in [-0.2, -0.15) is 13.2 Å². The summed E-state index contributed by atoms with van der Waals surface area (Å²) in [5.41, 5.74) is 2.66. The van der Waals surface area contributed by atoms with E-state index in [0.29, 0.717) is 53.4 Å². The molecule has 6 nitrogen and oxygen atoms in total. The van der Waals surface area contributed by atoms with Gasteiger partial charge in [-0.3, -0.25) is 0 Å². The van der Waals surface area contributed by atoms with Crippen LogP contribution in [-0.4, -0.2) is 67.8 Å². The van der Waals surface area contributed by atoms with Gasteiger partial charge < -0.3 is 29.6 Å². The van der Waals surface area contributed by atoms with Gasteiger partial charge in [-0.25, -0.2) is 4.39 Å². The number of hydrogen-bond acceptors (Lipinski definition) is 5. The number of alkyl halides is 4. The molecule has 10 heteroatoms. The summed E-state index contributed by atoms with van der Waals surface area (Å²) in [5.74, 6) is 6.92. The number of hydrogen-bond donors (Lipinski definition) is 2. The maximum Gasteiger partial charge on any atom is 0.406 e. The zero-order valence-corrected chi connectivity index (χ0v) is 23.6. The van der Waals surface area contributed by atoms with E-state index in [-0.39, 0.29) is 12.2 Å². The standard InChI is InChI=1S/C31H36F4N4O2/c1-5-38-16-14-27(25(32)19-38)37-26-10-7-11-29-24(26)18-23(39(29)20-31(33,34)35)9-8-15-36-28-13-12-22(17-30(28)40-4)21(3)41-6-2/h7,10-13,17-18,25,27,36-37H,3,5-6,14-16,19-20H2,1-2,4H3. The Bertz CT molecular complexity index is 1420. The molecule has 0 bridgehead atoms. The molecule has 2 heterocycles. The third kappa shape index (κ3) is 7.47. The van der Waals surface area contributed by atoms with Crippen LogP contribution in [0, 0.1) is 11.8 Å². The van der Waals surface area contributed by atoms with Crippen LogP contribution in [-0.2, 0) is 11.3 Å². The van der Waals surface area contributed by atoms with Crippen molar-refractivity contribution in [3.8, 4) is 17.6 Å². The first-order valence-electron chi connectivity index (χ1n) is 13.7. The lowest BCUT2D eigenvalue weighted by Gasteiger charge is -2.35. The number of rotatable bonds is 10. The molecule has 2 aromatic carbocycles. The van der Waals surface area contributed by atoms with Crippen molar-refractivity contribution in [1.82, 2.24) is 9.47 Å². The number of ether oxygens (including phenoxy) is 2. The van der Waals surface area contributed by atoms with Gasteiger partial charge in [0.15, 0.2) is 0 Å². The predicted octanol–water partition coefficient (Wildman–Crippen LogP) is 6.53. The van der Waals surface area contributed by atoms with Crippen molar-refractivity contribution in [3.05, 3.63) is 60.3 Å². The van der Waals surface area contributed by atoms with Crippen LogP contribution in [0.1, 0.15) is 31.5 Å². The quantitative estimate of drug-likeness (QED) is 0.164. The van der Waals surface area contributed by atoms with E-state index in [4.69, 9.17) is 9.47 Å². The molecule has 0 saturated carbocycles. The van der Waals surface area contributed by atoms with Crippen LogP contribution < -0.4 is 15.4 Å². The average Bonchev–Trinajstić information content (AvgIpc) is 3.28. The maximum absolute atomic E-state index is 14.9. The number of nitrogens with one attached hydrogen (secondary N) is 2. The highest BCUT2D eigenvalue weighted by atomic mass is 19.4. The summed E-state index contributed by atoms with van der Waals surface area (Å²) in [5, 5.41) is 6.99. The Balaban J connectivity index is 1.57. The minimum Gasteiger partial charge on any atom is -0.495 e. The summed E-state index contributed by atoms with van der Waals surface area (Å²) in [4.78, 5) is 2.05. The molecule has 1 aliphatic heterocycles. The van der Waals surface area contributed by atoms with Crippen LogP contribution in [0.5, 0.6) is 5.75 Å². The predicted molar refractivity (Wildman–Crippen MR) is 156 cm³/mol. The minimum atomic E-state index is -4.44. The van der Waals surface area contributed by atoms with Gasteiger partial charge in [0, 0.05) is 29.7 Å². The number of nitrogens with zero attached hydrogens (tertiary/aromatic N) is 2. The Labute approximate surface area is 238 Å². The van der Waals surface area contributed by atoms with E-state index in [2.05, 4.69) is 29.1 Å². The number of anilines is 2. The first kappa shape index (κ1) is 30.1. The van der Waals surface area contributed by atoms with Gasteiger partial charge in [0.2, 0.25) is 0 Å². The third-order valence-corrected chi connectivity index (χ3v) is 7.12. The summed E-state index contributed by atoms with van der Waals surface area (Å²) in [6, 6.07) is 11.7. The molecule has 0 amide bonds. The van der Waals surface area contributed by atoms with Crippen molar-refractivity contribution in [3.63, 3.8) is 0 Å². The molecule has 220 valence electrons. The lowest BCUT2D eigenvalue weighted by atomic mass is 10.0. The van der Waals surface area contributed by atoms with E-state index in [0.717, 1.165) is 23.2 Å². The minimum absolute atomic E-state index is 0.167. The summed E-state index contributed by atoms with van der Waals surface area (Å²) < 4.78 is 67.7. The van der Waals surface area contributed by atoms with Crippen LogP contribution >= 0.6 is 0 Å². The number of fused-ring (bicyclic) bond motifs is 1. The number of aromatic nitrogens is 1. The summed E-state index contributed by atoms with van der Waals surface area (Å²) >= 11 is 0. The van der Waals surface area contributed by atoms with E-state index in [1.165, 1.54) is 0 Å². The SMILES string of the molecule is C=C(OCC)c1ccc(NCC#Cc2cc3c(NC4CCN(CC)CC4F)cccc3n2CC(F)(F)F)c(OC)c1. The summed E-state index contributed by atoms with van der Waals surface area (Å²) in [6.45, 7) is 9.12. The number of likely N-dealkylation sites (tertiary alicyclic amines) is 1. The van der Waals surface area contributed by atoms with Gasteiger partial charge in [0.25, 0.3) is 0 Å². The lowest BCUT2D eigenvalue weighted by Crippen LogP contribution is -2.47. The second-order valence-electron chi connectivity index (χ2n) is 9.84. The monoisotopic (exact) mass is 572 g/mol. The summed E-state index contributed by atoms with van der Waals surface area (Å²) in [7, 11) is 1.54. The van der Waals surface area contributed by atoms with E-state index >= 15 is 0 Å². The zero-order valence-electron chi connectivity index (χ0n) is 23.6. The molecule has 1 aromatic heterocycles. The Kier molecular flexibility index (Phi) is 9.71. The Morgan fingerprint density at radius 1 is 1.15 bits per heavy atom. The highest BCUT2D eigenvalue weighted by Crippen LogP contribution is 2.32. The van der Waals surface area contributed by atoms with Crippen molar-refractivity contribution < 1.29 is 27.0 Å².